The smallest absolute Gasteiger partial charge is 0.306 e. The van der Waals surface area contributed by atoms with Crippen molar-refractivity contribution in [3.05, 3.63) is 95.6 Å². The van der Waals surface area contributed by atoms with Crippen LogP contribution in [0.15, 0.2) is 78.9 Å². The van der Waals surface area contributed by atoms with E-state index in [1.165, 1.54) is 22.5 Å². The molecule has 3 aromatic rings. The molecule has 1 aliphatic heterocycles. The predicted molar refractivity (Wildman–Crippen MR) is 114 cm³/mol. The van der Waals surface area contributed by atoms with E-state index in [0.717, 1.165) is 18.5 Å². The van der Waals surface area contributed by atoms with Crippen molar-refractivity contribution in [2.24, 2.45) is 0 Å². The minimum atomic E-state index is -0.154. The van der Waals surface area contributed by atoms with E-state index in [9.17, 15) is 4.79 Å². The zero-order chi connectivity index (χ0) is 19.2. The molecular weight excluding hydrogens is 346 g/mol. The Morgan fingerprint density at radius 2 is 1.32 bits per heavy atom. The van der Waals surface area contributed by atoms with E-state index in [4.69, 9.17) is 4.74 Å². The van der Waals surface area contributed by atoms with E-state index in [2.05, 4.69) is 65.6 Å². The van der Waals surface area contributed by atoms with Gasteiger partial charge >= 0.3 is 5.97 Å². The Labute approximate surface area is 165 Å². The van der Waals surface area contributed by atoms with Gasteiger partial charge in [-0.25, -0.2) is 0 Å². The molecule has 4 rings (SSSR count). The lowest BCUT2D eigenvalue weighted by atomic mass is 10.1. The Balaban J connectivity index is 1.41. The van der Waals surface area contributed by atoms with Crippen LogP contribution in [0.2, 0.25) is 0 Å². The van der Waals surface area contributed by atoms with Crippen molar-refractivity contribution in [3.8, 4) is 0 Å². The summed E-state index contributed by atoms with van der Waals surface area (Å²) in [5, 5.41) is 0. The number of hydrogen-bond donors (Lipinski definition) is 0. The molecule has 28 heavy (non-hydrogen) atoms. The number of benzene rings is 3. The molecule has 0 aliphatic carbocycles. The molecule has 0 radical (unpaired) electrons. The molecule has 1 aliphatic rings. The van der Waals surface area contributed by atoms with E-state index < -0.39 is 0 Å². The number of hydrogen-bond acceptors (Lipinski definition) is 3. The SMILES string of the molecule is O=C(CCCN1c2ccccc2C=Cc2ccccc21)OCc1ccccc1. The normalized spacial score (nSPS) is 12.1. The maximum Gasteiger partial charge on any atom is 0.306 e. The summed E-state index contributed by atoms with van der Waals surface area (Å²) < 4.78 is 5.41. The molecule has 0 unspecified atom stereocenters. The van der Waals surface area contributed by atoms with Crippen LogP contribution in [0.5, 0.6) is 0 Å². The highest BCUT2D eigenvalue weighted by molar-refractivity contribution is 5.88. The van der Waals surface area contributed by atoms with Crippen molar-refractivity contribution >= 4 is 29.5 Å². The van der Waals surface area contributed by atoms with Crippen LogP contribution < -0.4 is 4.90 Å². The number of carbonyl (C=O) groups is 1. The lowest BCUT2D eigenvalue weighted by Gasteiger charge is -2.26. The molecule has 0 saturated heterocycles. The highest BCUT2D eigenvalue weighted by Gasteiger charge is 2.17. The Bertz CT molecular complexity index is 929. The second-order valence-electron chi connectivity index (χ2n) is 6.85. The topological polar surface area (TPSA) is 29.5 Å². The fourth-order valence-corrected chi connectivity index (χ4v) is 3.49. The largest absolute Gasteiger partial charge is 0.461 e. The second kappa shape index (κ2) is 8.57. The van der Waals surface area contributed by atoms with Gasteiger partial charge in [0.05, 0.1) is 0 Å². The lowest BCUT2D eigenvalue weighted by molar-refractivity contribution is -0.145. The second-order valence-corrected chi connectivity index (χ2v) is 6.85. The molecule has 0 fully saturated rings. The van der Waals surface area contributed by atoms with Crippen molar-refractivity contribution < 1.29 is 9.53 Å². The van der Waals surface area contributed by atoms with Crippen LogP contribution in [0.3, 0.4) is 0 Å². The summed E-state index contributed by atoms with van der Waals surface area (Å²) in [5.74, 6) is -0.154. The van der Waals surface area contributed by atoms with E-state index in [-0.39, 0.29) is 5.97 Å². The maximum absolute atomic E-state index is 12.2. The van der Waals surface area contributed by atoms with Gasteiger partial charge in [0, 0.05) is 24.3 Å². The predicted octanol–water partition coefficient (Wildman–Crippen LogP) is 5.83. The lowest BCUT2D eigenvalue weighted by Crippen LogP contribution is -2.20. The Morgan fingerprint density at radius 1 is 0.750 bits per heavy atom. The quantitative estimate of drug-likeness (QED) is 0.512. The van der Waals surface area contributed by atoms with Crippen molar-refractivity contribution in [2.75, 3.05) is 11.4 Å². The van der Waals surface area contributed by atoms with E-state index in [1.807, 2.05) is 30.3 Å². The molecule has 0 N–H and O–H groups in total. The molecule has 0 amide bonds. The molecule has 3 nitrogen and oxygen atoms in total. The Morgan fingerprint density at radius 3 is 1.96 bits per heavy atom. The van der Waals surface area contributed by atoms with Gasteiger partial charge in [0.1, 0.15) is 6.61 Å². The number of para-hydroxylation sites is 2. The molecule has 3 aromatic carbocycles. The maximum atomic E-state index is 12.2. The Hall–Kier alpha value is -3.33. The van der Waals surface area contributed by atoms with Crippen LogP contribution in [0.4, 0.5) is 11.4 Å². The van der Waals surface area contributed by atoms with Gasteiger partial charge in [-0.3, -0.25) is 4.79 Å². The summed E-state index contributed by atoms with van der Waals surface area (Å²) in [7, 11) is 0. The van der Waals surface area contributed by atoms with Crippen molar-refractivity contribution in [1.29, 1.82) is 0 Å². The first-order valence-corrected chi connectivity index (χ1v) is 9.64. The molecule has 3 heteroatoms. The van der Waals surface area contributed by atoms with Gasteiger partial charge in [0.2, 0.25) is 0 Å². The van der Waals surface area contributed by atoms with Gasteiger partial charge in [-0.1, -0.05) is 78.9 Å². The molecule has 1 heterocycles. The third-order valence-electron chi connectivity index (χ3n) is 4.90. The van der Waals surface area contributed by atoms with Gasteiger partial charge in [-0.05, 0) is 35.2 Å². The summed E-state index contributed by atoms with van der Waals surface area (Å²) >= 11 is 0. The third-order valence-corrected chi connectivity index (χ3v) is 4.90. The standard InChI is InChI=1S/C25H23NO2/c27-25(28-19-20-9-2-1-3-10-20)15-8-18-26-23-13-6-4-11-21(23)16-17-22-12-5-7-14-24(22)26/h1-7,9-14,16-17H,8,15,18-19H2. The summed E-state index contributed by atoms with van der Waals surface area (Å²) in [5.41, 5.74) is 5.72. The van der Waals surface area contributed by atoms with Gasteiger partial charge < -0.3 is 9.64 Å². The number of fused-ring (bicyclic) bond motifs is 2. The van der Waals surface area contributed by atoms with Crippen molar-refractivity contribution in [3.63, 3.8) is 0 Å². The van der Waals surface area contributed by atoms with E-state index in [1.54, 1.807) is 0 Å². The van der Waals surface area contributed by atoms with Crippen LogP contribution in [0.1, 0.15) is 29.5 Å². The highest BCUT2D eigenvalue weighted by Crippen LogP contribution is 2.36. The van der Waals surface area contributed by atoms with Gasteiger partial charge in [0.25, 0.3) is 0 Å². The summed E-state index contributed by atoms with van der Waals surface area (Å²) in [6.45, 7) is 1.09. The minimum absolute atomic E-state index is 0.154. The number of ether oxygens (including phenoxy) is 1. The molecule has 0 bridgehead atoms. The molecular formula is C25H23NO2. The average molecular weight is 369 g/mol. The van der Waals surface area contributed by atoms with Crippen LogP contribution >= 0.6 is 0 Å². The zero-order valence-electron chi connectivity index (χ0n) is 15.8. The van der Waals surface area contributed by atoms with Crippen LogP contribution in [0, 0.1) is 0 Å². The van der Waals surface area contributed by atoms with Crippen molar-refractivity contribution in [2.45, 2.75) is 19.4 Å². The average Bonchev–Trinajstić information content (AvgIpc) is 2.90. The van der Waals surface area contributed by atoms with Gasteiger partial charge in [-0.15, -0.1) is 0 Å². The van der Waals surface area contributed by atoms with Crippen LogP contribution in [-0.2, 0) is 16.1 Å². The molecule has 0 atom stereocenters. The molecule has 0 spiro atoms. The first-order valence-electron chi connectivity index (χ1n) is 9.64. The van der Waals surface area contributed by atoms with Crippen molar-refractivity contribution in [1.82, 2.24) is 0 Å². The summed E-state index contributed by atoms with van der Waals surface area (Å²) in [6, 6.07) is 26.5. The zero-order valence-corrected chi connectivity index (χ0v) is 15.8. The summed E-state index contributed by atoms with van der Waals surface area (Å²) in [6.07, 6.45) is 5.45. The number of anilines is 2. The first kappa shape index (κ1) is 18.1. The van der Waals surface area contributed by atoms with Gasteiger partial charge in [0.15, 0.2) is 0 Å². The summed E-state index contributed by atoms with van der Waals surface area (Å²) in [4.78, 5) is 14.5. The number of carbonyl (C=O) groups excluding carboxylic acids is 1. The van der Waals surface area contributed by atoms with E-state index in [0.29, 0.717) is 13.0 Å². The van der Waals surface area contributed by atoms with Crippen LogP contribution in [0.25, 0.3) is 12.2 Å². The van der Waals surface area contributed by atoms with Gasteiger partial charge in [-0.2, -0.15) is 0 Å². The fraction of sp³-hybridized carbons (Fsp3) is 0.160. The minimum Gasteiger partial charge on any atom is -0.461 e. The third kappa shape index (κ3) is 4.15. The molecule has 140 valence electrons. The monoisotopic (exact) mass is 369 g/mol. The highest BCUT2D eigenvalue weighted by atomic mass is 16.5. The number of nitrogens with zero attached hydrogens (tertiary/aromatic N) is 1. The Kier molecular flexibility index (Phi) is 5.53. The number of rotatable bonds is 6. The first-order chi connectivity index (χ1) is 13.8. The van der Waals surface area contributed by atoms with Crippen LogP contribution in [-0.4, -0.2) is 12.5 Å². The number of esters is 1. The molecule has 0 aromatic heterocycles. The van der Waals surface area contributed by atoms with E-state index >= 15 is 0 Å². The molecule has 0 saturated carbocycles. The fourth-order valence-electron chi connectivity index (χ4n) is 3.49.